The van der Waals surface area contributed by atoms with Crippen LogP contribution in [0.5, 0.6) is 0 Å². The van der Waals surface area contributed by atoms with Gasteiger partial charge in [-0.2, -0.15) is 0 Å². The van der Waals surface area contributed by atoms with Crippen LogP contribution < -0.4 is 28.2 Å². The van der Waals surface area contributed by atoms with E-state index in [1.165, 1.54) is 35.7 Å². The molecule has 0 aromatic heterocycles. The standard InChI is InChI=1S/C15H23S.6FH.Sb/c1-15(2,3)14-8-6-13(7-9-14)12-16-10-4-5-11-16;;;;;;;/h6-9H,4-5,10-12H2,1-3H3;6*1H;/q+1;;;;;;;+3/p-6. The number of rotatable bonds is 2. The minimum absolute atomic E-state index is 0. The van der Waals surface area contributed by atoms with Crippen LogP contribution in [0, 0.1) is 0 Å². The molecule has 0 nitrogen and oxygen atoms in total. The van der Waals surface area contributed by atoms with Crippen molar-refractivity contribution in [1.82, 2.24) is 0 Å². The largest absolute Gasteiger partial charge is 3.00 e. The summed E-state index contributed by atoms with van der Waals surface area (Å²) in [5.74, 6) is 4.27. The first-order valence-electron chi connectivity index (χ1n) is 6.29. The third-order valence-corrected chi connectivity index (χ3v) is 5.78. The fraction of sp³-hybridized carbons (Fsp3) is 0.600. The normalized spacial score (nSPS) is 12.5. The molecule has 0 atom stereocenters. The van der Waals surface area contributed by atoms with E-state index in [4.69, 9.17) is 0 Å². The van der Waals surface area contributed by atoms with Gasteiger partial charge >= 0.3 is 24.4 Å². The molecule has 0 spiro atoms. The van der Waals surface area contributed by atoms with Crippen molar-refractivity contribution >= 4 is 35.3 Å². The Kier molecular flexibility index (Phi) is 28.1. The van der Waals surface area contributed by atoms with E-state index in [1.807, 2.05) is 0 Å². The maximum atomic E-state index is 2.34. The predicted molar refractivity (Wildman–Crippen MR) is 80.9 cm³/mol. The third-order valence-electron chi connectivity index (χ3n) is 3.31. The molecule has 138 valence electrons. The second kappa shape index (κ2) is 16.8. The zero-order chi connectivity index (χ0) is 11.6. The topological polar surface area (TPSA) is 0 Å². The van der Waals surface area contributed by atoms with Crippen LogP contribution in [-0.2, 0) is 22.1 Å². The molecule has 1 heterocycles. The van der Waals surface area contributed by atoms with Gasteiger partial charge in [0.25, 0.3) is 0 Å². The quantitative estimate of drug-likeness (QED) is 0.229. The molecule has 1 aromatic rings. The molecule has 0 unspecified atom stereocenters. The van der Waals surface area contributed by atoms with Crippen LogP contribution in [0.2, 0.25) is 0 Å². The van der Waals surface area contributed by atoms with Gasteiger partial charge in [0.1, 0.15) is 17.3 Å². The van der Waals surface area contributed by atoms with E-state index in [2.05, 4.69) is 45.0 Å². The third kappa shape index (κ3) is 12.0. The molecule has 1 fully saturated rings. The Hall–Kier alpha value is -0.0318. The van der Waals surface area contributed by atoms with Gasteiger partial charge in [-0.15, -0.1) is 0 Å². The Morgan fingerprint density at radius 1 is 0.783 bits per heavy atom. The summed E-state index contributed by atoms with van der Waals surface area (Å²) in [6.07, 6.45) is 2.92. The molecule has 8 heteroatoms. The molecule has 1 aliphatic heterocycles. The van der Waals surface area contributed by atoms with Crippen LogP contribution in [-0.4, -0.2) is 35.9 Å². The average molecular weight is 471 g/mol. The minimum Gasteiger partial charge on any atom is -1.00 e. The van der Waals surface area contributed by atoms with Crippen molar-refractivity contribution in [3.05, 3.63) is 35.4 Å². The molecule has 0 amide bonds. The van der Waals surface area contributed by atoms with Crippen LogP contribution >= 0.6 is 0 Å². The maximum absolute atomic E-state index is 2.34. The first-order chi connectivity index (χ1) is 7.55. The molecule has 0 saturated carbocycles. The summed E-state index contributed by atoms with van der Waals surface area (Å²) in [7, 11) is 0.694. The second-order valence-electron chi connectivity index (χ2n) is 5.82. The van der Waals surface area contributed by atoms with Gasteiger partial charge in [0.2, 0.25) is 0 Å². The van der Waals surface area contributed by atoms with Gasteiger partial charge < -0.3 is 28.2 Å². The Bertz CT molecular complexity index is 350. The minimum atomic E-state index is 0. The summed E-state index contributed by atoms with van der Waals surface area (Å²) in [6.45, 7) is 6.84. The number of hydrogen-bond donors (Lipinski definition) is 0. The van der Waals surface area contributed by atoms with Gasteiger partial charge in [0, 0.05) is 5.56 Å². The zero-order valence-corrected chi connectivity index (χ0v) is 16.8. The monoisotopic (exact) mass is 470 g/mol. The van der Waals surface area contributed by atoms with Crippen LogP contribution in [0.3, 0.4) is 0 Å². The summed E-state index contributed by atoms with van der Waals surface area (Å²) in [6, 6.07) is 9.31. The van der Waals surface area contributed by atoms with Gasteiger partial charge in [-0.1, -0.05) is 45.0 Å². The van der Waals surface area contributed by atoms with Crippen molar-refractivity contribution in [3.63, 3.8) is 0 Å². The van der Waals surface area contributed by atoms with Gasteiger partial charge in [0.15, 0.2) is 0 Å². The summed E-state index contributed by atoms with van der Waals surface area (Å²) < 4.78 is 0. The van der Waals surface area contributed by atoms with E-state index in [1.54, 1.807) is 5.56 Å². The molecule has 0 bridgehead atoms. The fourth-order valence-electron chi connectivity index (χ4n) is 2.20. The Balaban J connectivity index is -0.000000103. The molecule has 1 aromatic carbocycles. The second-order valence-corrected chi connectivity index (χ2v) is 8.15. The van der Waals surface area contributed by atoms with E-state index < -0.39 is 0 Å². The maximum Gasteiger partial charge on any atom is 3.00 e. The van der Waals surface area contributed by atoms with Crippen LogP contribution in [0.1, 0.15) is 44.7 Å². The van der Waals surface area contributed by atoms with Gasteiger partial charge in [-0.05, 0) is 34.7 Å². The summed E-state index contributed by atoms with van der Waals surface area (Å²) >= 11 is 0. The molecular formula is C15H23F6SSb-2. The van der Waals surface area contributed by atoms with Crippen molar-refractivity contribution in [2.75, 3.05) is 11.5 Å². The van der Waals surface area contributed by atoms with Crippen LogP contribution in [0.15, 0.2) is 24.3 Å². The molecule has 0 N–H and O–H groups in total. The van der Waals surface area contributed by atoms with E-state index in [0.717, 1.165) is 0 Å². The number of halogens is 6. The Labute approximate surface area is 155 Å². The summed E-state index contributed by atoms with van der Waals surface area (Å²) in [5, 5.41) is 0. The van der Waals surface area contributed by atoms with E-state index >= 15 is 0 Å². The molecule has 2 radical (unpaired) electrons. The molecule has 1 aliphatic rings. The van der Waals surface area contributed by atoms with E-state index in [9.17, 15) is 0 Å². The van der Waals surface area contributed by atoms with Crippen molar-refractivity contribution < 1.29 is 28.2 Å². The average Bonchev–Trinajstić information content (AvgIpc) is 2.70. The van der Waals surface area contributed by atoms with Crippen LogP contribution in [0.25, 0.3) is 0 Å². The zero-order valence-electron chi connectivity index (χ0n) is 13.5. The van der Waals surface area contributed by atoms with Crippen LogP contribution in [0.4, 0.5) is 0 Å². The number of benzene rings is 1. The summed E-state index contributed by atoms with van der Waals surface area (Å²) in [5.41, 5.74) is 3.28. The SMILES string of the molecule is CC(C)(C)c1ccc(C[S+]2CCCC2)cc1.[F-].[F-].[F-].[F-].[F-].[F-].[Sb+3]. The fourth-order valence-corrected chi connectivity index (χ4v) is 4.58. The molecule has 2 rings (SSSR count). The Morgan fingerprint density at radius 2 is 1.17 bits per heavy atom. The van der Waals surface area contributed by atoms with Crippen molar-refractivity contribution in [3.8, 4) is 0 Å². The molecule has 1 saturated heterocycles. The van der Waals surface area contributed by atoms with Crippen molar-refractivity contribution in [2.45, 2.75) is 44.8 Å². The smallest absolute Gasteiger partial charge is 1.00 e. The van der Waals surface area contributed by atoms with Crippen molar-refractivity contribution in [2.24, 2.45) is 0 Å². The van der Waals surface area contributed by atoms with E-state index in [0.29, 0.717) is 10.9 Å². The van der Waals surface area contributed by atoms with Gasteiger partial charge in [0.05, 0.1) is 0 Å². The predicted octanol–water partition coefficient (Wildman–Crippen LogP) is -14.5. The van der Waals surface area contributed by atoms with Gasteiger partial charge in [-0.3, -0.25) is 0 Å². The Morgan fingerprint density at radius 3 is 1.52 bits per heavy atom. The molecule has 23 heavy (non-hydrogen) atoms. The first-order valence-corrected chi connectivity index (χ1v) is 8.02. The summed E-state index contributed by atoms with van der Waals surface area (Å²) in [4.78, 5) is 0. The molecular weight excluding hydrogens is 448 g/mol. The van der Waals surface area contributed by atoms with E-state index in [-0.39, 0.29) is 58.1 Å². The first kappa shape index (κ1) is 38.5. The molecule has 0 aliphatic carbocycles. The van der Waals surface area contributed by atoms with Gasteiger partial charge in [-0.25, -0.2) is 0 Å². The number of hydrogen-bond acceptors (Lipinski definition) is 0. The van der Waals surface area contributed by atoms with Crippen molar-refractivity contribution in [1.29, 1.82) is 0 Å².